The first-order valence-corrected chi connectivity index (χ1v) is 7.27. The Balaban J connectivity index is 1.76. The fourth-order valence-electron chi connectivity index (χ4n) is 2.36. The second-order valence-electron chi connectivity index (χ2n) is 5.15. The fraction of sp³-hybridized carbons (Fsp3) is 0.111. The van der Waals surface area contributed by atoms with Crippen molar-refractivity contribution in [1.82, 2.24) is 0 Å². The Labute approximate surface area is 137 Å². The summed E-state index contributed by atoms with van der Waals surface area (Å²) in [5.74, 6) is -1.86. The predicted octanol–water partition coefficient (Wildman–Crippen LogP) is 3.82. The molecule has 0 bridgehead atoms. The third-order valence-corrected chi connectivity index (χ3v) is 3.63. The number of anilines is 1. The van der Waals surface area contributed by atoms with Gasteiger partial charge in [0.25, 0.3) is 0 Å². The molecule has 24 heavy (non-hydrogen) atoms. The van der Waals surface area contributed by atoms with E-state index in [1.165, 1.54) is 11.0 Å². The van der Waals surface area contributed by atoms with Gasteiger partial charge in [-0.15, -0.1) is 0 Å². The summed E-state index contributed by atoms with van der Waals surface area (Å²) in [6.45, 7) is 0.787. The van der Waals surface area contributed by atoms with Crippen LogP contribution in [-0.4, -0.2) is 25.0 Å². The van der Waals surface area contributed by atoms with E-state index >= 15 is 0 Å². The van der Waals surface area contributed by atoms with Crippen LogP contribution in [0.15, 0.2) is 48.5 Å². The highest BCUT2D eigenvalue weighted by atomic mass is 19.1. The Morgan fingerprint density at radius 2 is 1.75 bits per heavy atom. The number of carbonyl (C=O) groups excluding carboxylic acids is 2. The molecule has 1 amide bonds. The van der Waals surface area contributed by atoms with Gasteiger partial charge in [0.15, 0.2) is 5.78 Å². The largest absolute Gasteiger partial charge is 0.447 e. The van der Waals surface area contributed by atoms with Crippen molar-refractivity contribution < 1.29 is 23.1 Å². The van der Waals surface area contributed by atoms with E-state index in [0.29, 0.717) is 24.4 Å². The number of rotatable bonds is 4. The van der Waals surface area contributed by atoms with Gasteiger partial charge in [-0.05, 0) is 48.6 Å². The van der Waals surface area contributed by atoms with Crippen molar-refractivity contribution in [2.75, 3.05) is 18.1 Å². The summed E-state index contributed by atoms with van der Waals surface area (Å²) in [6, 6.07) is 9.84. The molecule has 1 saturated heterocycles. The zero-order chi connectivity index (χ0) is 17.1. The molecule has 0 N–H and O–H groups in total. The number of ketones is 1. The first-order valence-electron chi connectivity index (χ1n) is 7.27. The third-order valence-electron chi connectivity index (χ3n) is 3.63. The Morgan fingerprint density at radius 3 is 2.33 bits per heavy atom. The van der Waals surface area contributed by atoms with Gasteiger partial charge in [-0.25, -0.2) is 13.6 Å². The molecule has 1 aliphatic heterocycles. The lowest BCUT2D eigenvalue weighted by molar-refractivity contribution is 0.104. The van der Waals surface area contributed by atoms with E-state index in [9.17, 15) is 18.4 Å². The van der Waals surface area contributed by atoms with Crippen LogP contribution in [0.25, 0.3) is 6.08 Å². The van der Waals surface area contributed by atoms with Gasteiger partial charge in [0.1, 0.15) is 18.2 Å². The molecule has 2 aromatic rings. The molecule has 3 rings (SSSR count). The van der Waals surface area contributed by atoms with E-state index in [1.54, 1.807) is 24.3 Å². The second-order valence-corrected chi connectivity index (χ2v) is 5.15. The third kappa shape index (κ3) is 3.17. The summed E-state index contributed by atoms with van der Waals surface area (Å²) in [4.78, 5) is 25.0. The summed E-state index contributed by atoms with van der Waals surface area (Å²) >= 11 is 0. The minimum absolute atomic E-state index is 0.262. The molecule has 1 fully saturated rings. The lowest BCUT2D eigenvalue weighted by Crippen LogP contribution is -2.23. The Morgan fingerprint density at radius 1 is 1.08 bits per heavy atom. The molecule has 122 valence electrons. The Kier molecular flexibility index (Phi) is 4.37. The molecule has 6 heteroatoms. The summed E-state index contributed by atoms with van der Waals surface area (Å²) in [7, 11) is 0. The standard InChI is InChI=1S/C18H13F2NO3/c19-15-2-1-3-16(20)14(15)8-9-17(22)12-4-6-13(7-5-12)21-10-11-24-18(21)23/h1-9H,10-11H2/b9-8+. The number of cyclic esters (lactones) is 1. The second kappa shape index (κ2) is 6.62. The number of carbonyl (C=O) groups is 2. The van der Waals surface area contributed by atoms with Gasteiger partial charge in [0.05, 0.1) is 6.54 Å². The molecular weight excluding hydrogens is 316 g/mol. The van der Waals surface area contributed by atoms with Crippen LogP contribution in [0.5, 0.6) is 0 Å². The summed E-state index contributed by atoms with van der Waals surface area (Å²) < 4.78 is 31.9. The lowest BCUT2D eigenvalue weighted by atomic mass is 10.1. The maximum atomic E-state index is 13.5. The van der Waals surface area contributed by atoms with Crippen LogP contribution in [0.2, 0.25) is 0 Å². The van der Waals surface area contributed by atoms with E-state index in [1.807, 2.05) is 0 Å². The monoisotopic (exact) mass is 329 g/mol. The Hall–Kier alpha value is -3.02. The van der Waals surface area contributed by atoms with Gasteiger partial charge in [0.2, 0.25) is 0 Å². The van der Waals surface area contributed by atoms with Crippen molar-refractivity contribution in [1.29, 1.82) is 0 Å². The fourth-order valence-corrected chi connectivity index (χ4v) is 2.36. The van der Waals surface area contributed by atoms with E-state index in [-0.39, 0.29) is 5.56 Å². The minimum Gasteiger partial charge on any atom is -0.447 e. The van der Waals surface area contributed by atoms with Crippen LogP contribution >= 0.6 is 0 Å². The van der Waals surface area contributed by atoms with Crippen LogP contribution in [0.3, 0.4) is 0 Å². The zero-order valence-corrected chi connectivity index (χ0v) is 12.5. The van der Waals surface area contributed by atoms with E-state index < -0.39 is 23.5 Å². The van der Waals surface area contributed by atoms with Crippen molar-refractivity contribution in [3.63, 3.8) is 0 Å². The van der Waals surface area contributed by atoms with E-state index in [4.69, 9.17) is 4.74 Å². The predicted molar refractivity (Wildman–Crippen MR) is 84.9 cm³/mol. The molecular formula is C18H13F2NO3. The SMILES string of the molecule is O=C(/C=C/c1c(F)cccc1F)c1ccc(N2CCOC2=O)cc1. The first kappa shape index (κ1) is 15.9. The van der Waals surface area contributed by atoms with Crippen molar-refractivity contribution in [3.05, 3.63) is 71.3 Å². The molecule has 0 aromatic heterocycles. The van der Waals surface area contributed by atoms with Gasteiger partial charge in [-0.1, -0.05) is 6.07 Å². The number of hydrogen-bond donors (Lipinski definition) is 0. The highest BCUT2D eigenvalue weighted by Gasteiger charge is 2.23. The molecule has 4 nitrogen and oxygen atoms in total. The Bertz CT molecular complexity index is 795. The van der Waals surface area contributed by atoms with Crippen LogP contribution in [0.1, 0.15) is 15.9 Å². The topological polar surface area (TPSA) is 46.6 Å². The molecule has 1 aliphatic rings. The molecule has 1 heterocycles. The maximum Gasteiger partial charge on any atom is 0.414 e. The molecule has 0 saturated carbocycles. The van der Waals surface area contributed by atoms with Gasteiger partial charge in [-0.3, -0.25) is 9.69 Å². The molecule has 0 spiro atoms. The molecule has 0 unspecified atom stereocenters. The molecule has 2 aromatic carbocycles. The van der Waals surface area contributed by atoms with Gasteiger partial charge < -0.3 is 4.74 Å². The average molecular weight is 329 g/mol. The summed E-state index contributed by atoms with van der Waals surface area (Å²) in [5, 5.41) is 0. The first-order chi connectivity index (χ1) is 11.6. The van der Waals surface area contributed by atoms with Crippen LogP contribution < -0.4 is 4.90 Å². The normalized spacial score (nSPS) is 14.2. The van der Waals surface area contributed by atoms with Gasteiger partial charge >= 0.3 is 6.09 Å². The van der Waals surface area contributed by atoms with Gasteiger partial charge in [-0.2, -0.15) is 0 Å². The van der Waals surface area contributed by atoms with Crippen LogP contribution in [-0.2, 0) is 4.74 Å². The highest BCUT2D eigenvalue weighted by Crippen LogP contribution is 2.20. The number of hydrogen-bond acceptors (Lipinski definition) is 3. The van der Waals surface area contributed by atoms with Crippen molar-refractivity contribution in [2.24, 2.45) is 0 Å². The number of halogens is 2. The number of nitrogens with zero attached hydrogens (tertiary/aromatic N) is 1. The van der Waals surface area contributed by atoms with Crippen molar-refractivity contribution in [2.45, 2.75) is 0 Å². The number of ether oxygens (including phenoxy) is 1. The summed E-state index contributed by atoms with van der Waals surface area (Å²) in [5.41, 5.74) is 0.708. The van der Waals surface area contributed by atoms with E-state index in [0.717, 1.165) is 24.3 Å². The van der Waals surface area contributed by atoms with Crippen LogP contribution in [0.4, 0.5) is 19.3 Å². The van der Waals surface area contributed by atoms with Gasteiger partial charge in [0, 0.05) is 16.8 Å². The number of allylic oxidation sites excluding steroid dienone is 1. The molecule has 0 radical (unpaired) electrons. The molecule has 0 atom stereocenters. The van der Waals surface area contributed by atoms with Crippen molar-refractivity contribution in [3.8, 4) is 0 Å². The summed E-state index contributed by atoms with van der Waals surface area (Å²) in [6.07, 6.45) is 1.79. The lowest BCUT2D eigenvalue weighted by Gasteiger charge is -2.12. The van der Waals surface area contributed by atoms with Crippen LogP contribution in [0, 0.1) is 11.6 Å². The number of benzene rings is 2. The maximum absolute atomic E-state index is 13.5. The average Bonchev–Trinajstić information content (AvgIpc) is 3.00. The minimum atomic E-state index is -0.734. The van der Waals surface area contributed by atoms with E-state index in [2.05, 4.69) is 0 Å². The van der Waals surface area contributed by atoms with Crippen molar-refractivity contribution >= 4 is 23.6 Å². The number of amides is 1. The highest BCUT2D eigenvalue weighted by molar-refractivity contribution is 6.07. The zero-order valence-electron chi connectivity index (χ0n) is 12.5. The quantitative estimate of drug-likeness (QED) is 0.633. The smallest absolute Gasteiger partial charge is 0.414 e. The molecule has 0 aliphatic carbocycles.